The van der Waals surface area contributed by atoms with Crippen molar-refractivity contribution in [3.63, 3.8) is 0 Å². The maximum Gasteiger partial charge on any atom is 0.248 e. The molecule has 2 aromatic carbocycles. The molecule has 0 saturated carbocycles. The van der Waals surface area contributed by atoms with Crippen LogP contribution in [0.15, 0.2) is 69.1 Å². The summed E-state index contributed by atoms with van der Waals surface area (Å²) in [5.74, 6) is -0.818. The van der Waals surface area contributed by atoms with Crippen LogP contribution in [0.1, 0.15) is 22.8 Å². The van der Waals surface area contributed by atoms with Gasteiger partial charge in [-0.15, -0.1) is 0 Å². The van der Waals surface area contributed by atoms with Gasteiger partial charge in [0.15, 0.2) is 4.24 Å². The molecule has 0 spiro atoms. The SMILES string of the molecule is C=C(S(=O)(=O)c1cccc(CC)c1)S(=O)(=O)c1cccc(C(N)=O)c1. The molecule has 0 fully saturated rings. The van der Waals surface area contributed by atoms with Crippen molar-refractivity contribution >= 4 is 25.6 Å². The van der Waals surface area contributed by atoms with Gasteiger partial charge in [0.1, 0.15) is 0 Å². The monoisotopic (exact) mass is 379 g/mol. The molecule has 2 rings (SSSR count). The van der Waals surface area contributed by atoms with Crippen LogP contribution in [0.5, 0.6) is 0 Å². The van der Waals surface area contributed by atoms with Gasteiger partial charge in [-0.05, 0) is 42.3 Å². The third-order valence-corrected chi connectivity index (χ3v) is 7.91. The molecule has 8 heteroatoms. The Morgan fingerprint density at radius 2 is 1.48 bits per heavy atom. The highest BCUT2D eigenvalue weighted by Crippen LogP contribution is 2.28. The number of rotatable bonds is 6. The Kier molecular flexibility index (Phi) is 5.15. The molecular formula is C17H17NO5S2. The topological polar surface area (TPSA) is 111 Å². The lowest BCUT2D eigenvalue weighted by molar-refractivity contribution is 0.1000. The van der Waals surface area contributed by atoms with Crippen molar-refractivity contribution in [3.8, 4) is 0 Å². The average Bonchev–Trinajstić information content (AvgIpc) is 2.61. The molecule has 0 aromatic heterocycles. The fourth-order valence-electron chi connectivity index (χ4n) is 2.16. The Balaban J connectivity index is 2.54. The van der Waals surface area contributed by atoms with Crippen LogP contribution in [0.3, 0.4) is 0 Å². The Bertz CT molecular complexity index is 1050. The predicted molar refractivity (Wildman–Crippen MR) is 94.3 cm³/mol. The van der Waals surface area contributed by atoms with Gasteiger partial charge in [0.25, 0.3) is 0 Å². The number of hydrogen-bond acceptors (Lipinski definition) is 5. The Morgan fingerprint density at radius 3 is 2.00 bits per heavy atom. The molecular weight excluding hydrogens is 362 g/mol. The largest absolute Gasteiger partial charge is 0.366 e. The van der Waals surface area contributed by atoms with Crippen molar-refractivity contribution in [2.24, 2.45) is 5.73 Å². The number of amides is 1. The summed E-state index contributed by atoms with van der Waals surface area (Å²) in [5.41, 5.74) is 5.85. The Hall–Kier alpha value is -2.45. The average molecular weight is 379 g/mol. The number of carbonyl (C=O) groups excluding carboxylic acids is 1. The molecule has 0 aliphatic carbocycles. The van der Waals surface area contributed by atoms with E-state index in [0.717, 1.165) is 11.6 Å². The van der Waals surface area contributed by atoms with Crippen molar-refractivity contribution in [1.29, 1.82) is 0 Å². The Morgan fingerprint density at radius 1 is 0.960 bits per heavy atom. The second-order valence-corrected chi connectivity index (χ2v) is 9.47. The quantitative estimate of drug-likeness (QED) is 0.826. The van der Waals surface area contributed by atoms with E-state index < -0.39 is 29.8 Å². The second-order valence-electron chi connectivity index (χ2n) is 5.27. The van der Waals surface area contributed by atoms with E-state index in [1.54, 1.807) is 12.1 Å². The third kappa shape index (κ3) is 3.64. The fraction of sp³-hybridized carbons (Fsp3) is 0.118. The second kappa shape index (κ2) is 6.81. The molecule has 0 bridgehead atoms. The highest BCUT2D eigenvalue weighted by Gasteiger charge is 2.32. The van der Waals surface area contributed by atoms with Gasteiger partial charge in [0, 0.05) is 5.56 Å². The number of benzene rings is 2. The molecule has 0 radical (unpaired) electrons. The first-order chi connectivity index (χ1) is 11.6. The standard InChI is InChI=1S/C17H17NO5S2/c1-3-13-6-4-8-15(10-13)24(20,21)12(2)25(22,23)16-9-5-7-14(11-16)17(18)19/h4-11H,2-3H2,1H3,(H2,18,19). The summed E-state index contributed by atoms with van der Waals surface area (Å²) in [6.07, 6.45) is 0.600. The number of carbonyl (C=O) groups is 1. The van der Waals surface area contributed by atoms with Crippen LogP contribution in [0, 0.1) is 0 Å². The van der Waals surface area contributed by atoms with Crippen molar-refractivity contribution in [2.75, 3.05) is 0 Å². The lowest BCUT2D eigenvalue weighted by atomic mass is 10.2. The number of primary amides is 1. The smallest absolute Gasteiger partial charge is 0.248 e. The minimum Gasteiger partial charge on any atom is -0.366 e. The van der Waals surface area contributed by atoms with Crippen molar-refractivity contribution in [1.82, 2.24) is 0 Å². The molecule has 1 amide bonds. The molecule has 132 valence electrons. The van der Waals surface area contributed by atoms with E-state index in [2.05, 4.69) is 6.58 Å². The molecule has 6 nitrogen and oxygen atoms in total. The zero-order valence-electron chi connectivity index (χ0n) is 13.5. The van der Waals surface area contributed by atoms with Crippen molar-refractivity contribution in [2.45, 2.75) is 23.1 Å². The molecule has 25 heavy (non-hydrogen) atoms. The molecule has 0 saturated heterocycles. The van der Waals surface area contributed by atoms with E-state index in [0.29, 0.717) is 6.42 Å². The summed E-state index contributed by atoms with van der Waals surface area (Å²) >= 11 is 0. The zero-order valence-corrected chi connectivity index (χ0v) is 15.1. The van der Waals surface area contributed by atoms with Gasteiger partial charge in [-0.2, -0.15) is 0 Å². The normalized spacial score (nSPS) is 11.9. The van der Waals surface area contributed by atoms with Gasteiger partial charge in [-0.3, -0.25) is 4.79 Å². The predicted octanol–water partition coefficient (Wildman–Crippen LogP) is 2.07. The summed E-state index contributed by atoms with van der Waals surface area (Å²) in [6, 6.07) is 10.9. The summed E-state index contributed by atoms with van der Waals surface area (Å²) < 4.78 is 49.7. The van der Waals surface area contributed by atoms with Crippen LogP contribution >= 0.6 is 0 Å². The van der Waals surface area contributed by atoms with E-state index >= 15 is 0 Å². The first-order valence-electron chi connectivity index (χ1n) is 7.28. The fourth-order valence-corrected chi connectivity index (χ4v) is 5.52. The maximum absolute atomic E-state index is 12.7. The van der Waals surface area contributed by atoms with E-state index in [1.807, 2.05) is 6.92 Å². The van der Waals surface area contributed by atoms with E-state index in [4.69, 9.17) is 5.73 Å². The van der Waals surface area contributed by atoms with E-state index in [1.165, 1.54) is 30.3 Å². The summed E-state index contributed by atoms with van der Waals surface area (Å²) in [5, 5.41) is 0. The molecule has 0 heterocycles. The lowest BCUT2D eigenvalue weighted by Gasteiger charge is -2.10. The number of aryl methyl sites for hydroxylation is 1. The maximum atomic E-state index is 12.7. The highest BCUT2D eigenvalue weighted by molar-refractivity contribution is 8.14. The van der Waals surface area contributed by atoms with Crippen LogP contribution in [-0.4, -0.2) is 22.7 Å². The van der Waals surface area contributed by atoms with Crippen LogP contribution in [0.2, 0.25) is 0 Å². The molecule has 0 aliphatic rings. The first-order valence-corrected chi connectivity index (χ1v) is 10.2. The molecule has 0 aliphatic heterocycles. The minimum atomic E-state index is -4.41. The van der Waals surface area contributed by atoms with Crippen molar-refractivity contribution in [3.05, 3.63) is 70.5 Å². The van der Waals surface area contributed by atoms with E-state index in [-0.39, 0.29) is 15.4 Å². The number of hydrogen-bond donors (Lipinski definition) is 1. The summed E-state index contributed by atoms with van der Waals surface area (Å²) in [7, 11) is -8.72. The minimum absolute atomic E-state index is 0.0424. The van der Waals surface area contributed by atoms with Gasteiger partial charge in [0.2, 0.25) is 25.6 Å². The van der Waals surface area contributed by atoms with Gasteiger partial charge in [-0.25, -0.2) is 16.8 Å². The van der Waals surface area contributed by atoms with Crippen LogP contribution in [-0.2, 0) is 26.1 Å². The Labute approximate surface area is 146 Å². The first kappa shape index (κ1) is 18.9. The van der Waals surface area contributed by atoms with Crippen molar-refractivity contribution < 1.29 is 21.6 Å². The summed E-state index contributed by atoms with van der Waals surface area (Å²) in [4.78, 5) is 10.7. The van der Waals surface area contributed by atoms with Crippen LogP contribution < -0.4 is 5.73 Å². The summed E-state index contributed by atoms with van der Waals surface area (Å²) in [6.45, 7) is 5.14. The molecule has 2 N–H and O–H groups in total. The molecule has 0 unspecified atom stereocenters. The van der Waals surface area contributed by atoms with Gasteiger partial charge in [-0.1, -0.05) is 31.7 Å². The third-order valence-electron chi connectivity index (χ3n) is 3.65. The van der Waals surface area contributed by atoms with Gasteiger partial charge in [0.05, 0.1) is 9.79 Å². The number of sulfone groups is 2. The van der Waals surface area contributed by atoms with Crippen LogP contribution in [0.4, 0.5) is 0 Å². The van der Waals surface area contributed by atoms with Gasteiger partial charge < -0.3 is 5.73 Å². The van der Waals surface area contributed by atoms with E-state index in [9.17, 15) is 21.6 Å². The lowest BCUT2D eigenvalue weighted by Crippen LogP contribution is -2.16. The highest BCUT2D eigenvalue weighted by atomic mass is 32.3. The van der Waals surface area contributed by atoms with Crippen LogP contribution in [0.25, 0.3) is 0 Å². The number of nitrogens with two attached hydrogens (primary N) is 1. The zero-order chi connectivity index (χ0) is 18.8. The molecule has 0 atom stereocenters. The van der Waals surface area contributed by atoms with Gasteiger partial charge >= 0.3 is 0 Å². The molecule has 2 aromatic rings.